The zero-order valence-corrected chi connectivity index (χ0v) is 10.2. The summed E-state index contributed by atoms with van der Waals surface area (Å²) in [7, 11) is 0. The second-order valence-corrected chi connectivity index (χ2v) is 3.76. The Labute approximate surface area is 110 Å². The molecule has 19 heavy (non-hydrogen) atoms. The van der Waals surface area contributed by atoms with Gasteiger partial charge in [-0.1, -0.05) is 18.2 Å². The Morgan fingerprint density at radius 3 is 2.47 bits per heavy atom. The van der Waals surface area contributed by atoms with E-state index >= 15 is 0 Å². The number of nitriles is 1. The highest BCUT2D eigenvalue weighted by atomic mass is 19.1. The Kier molecular flexibility index (Phi) is 4.35. The van der Waals surface area contributed by atoms with Crippen molar-refractivity contribution in [2.24, 2.45) is 0 Å². The standard InChI is InChI=1S/C15H12FNO2/c16-13-6-7-15(12(10-13)11-17)19-9-8-18-14-4-2-1-3-5-14/h1-7,10H,8-9H2. The second-order valence-electron chi connectivity index (χ2n) is 3.76. The highest BCUT2D eigenvalue weighted by molar-refractivity contribution is 5.43. The summed E-state index contributed by atoms with van der Waals surface area (Å²) in [5, 5.41) is 8.85. The molecule has 0 bridgehead atoms. The lowest BCUT2D eigenvalue weighted by atomic mass is 10.2. The topological polar surface area (TPSA) is 42.2 Å². The molecule has 96 valence electrons. The average molecular weight is 257 g/mol. The van der Waals surface area contributed by atoms with Gasteiger partial charge in [0.1, 0.15) is 36.6 Å². The van der Waals surface area contributed by atoms with Crippen LogP contribution in [0.15, 0.2) is 48.5 Å². The largest absolute Gasteiger partial charge is 0.490 e. The van der Waals surface area contributed by atoms with Gasteiger partial charge < -0.3 is 9.47 Å². The van der Waals surface area contributed by atoms with Crippen molar-refractivity contribution in [1.82, 2.24) is 0 Å². The van der Waals surface area contributed by atoms with E-state index in [9.17, 15) is 4.39 Å². The molecular weight excluding hydrogens is 245 g/mol. The molecule has 4 heteroatoms. The maximum Gasteiger partial charge on any atom is 0.137 e. The van der Waals surface area contributed by atoms with Gasteiger partial charge in [0.2, 0.25) is 0 Å². The fourth-order valence-corrected chi connectivity index (χ4v) is 1.54. The first kappa shape index (κ1) is 12.9. The van der Waals surface area contributed by atoms with Crippen molar-refractivity contribution in [3.63, 3.8) is 0 Å². The zero-order valence-electron chi connectivity index (χ0n) is 10.2. The molecule has 0 aromatic heterocycles. The third kappa shape index (κ3) is 3.71. The van der Waals surface area contributed by atoms with Crippen LogP contribution in [0, 0.1) is 17.1 Å². The summed E-state index contributed by atoms with van der Waals surface area (Å²) in [5.41, 5.74) is 0.180. The van der Waals surface area contributed by atoms with Gasteiger partial charge in [-0.05, 0) is 30.3 Å². The maximum absolute atomic E-state index is 12.9. The smallest absolute Gasteiger partial charge is 0.137 e. The molecule has 0 spiro atoms. The lowest BCUT2D eigenvalue weighted by Crippen LogP contribution is -2.09. The van der Waals surface area contributed by atoms with Crippen LogP contribution >= 0.6 is 0 Å². The van der Waals surface area contributed by atoms with Crippen molar-refractivity contribution in [3.8, 4) is 17.6 Å². The molecule has 0 atom stereocenters. The lowest BCUT2D eigenvalue weighted by molar-refractivity contribution is 0.216. The molecule has 0 aliphatic rings. The predicted molar refractivity (Wildman–Crippen MR) is 68.5 cm³/mol. The van der Waals surface area contributed by atoms with Crippen molar-refractivity contribution in [2.45, 2.75) is 0 Å². The molecule has 0 unspecified atom stereocenters. The first-order chi connectivity index (χ1) is 9.29. The minimum absolute atomic E-state index is 0.180. The van der Waals surface area contributed by atoms with Gasteiger partial charge in [0.25, 0.3) is 0 Å². The van der Waals surface area contributed by atoms with Gasteiger partial charge in [-0.3, -0.25) is 0 Å². The quantitative estimate of drug-likeness (QED) is 0.773. The highest BCUT2D eigenvalue weighted by Crippen LogP contribution is 2.18. The molecule has 0 saturated carbocycles. The van der Waals surface area contributed by atoms with E-state index in [-0.39, 0.29) is 12.2 Å². The second kappa shape index (κ2) is 6.41. The van der Waals surface area contributed by atoms with Crippen molar-refractivity contribution >= 4 is 0 Å². The molecule has 0 fully saturated rings. The summed E-state index contributed by atoms with van der Waals surface area (Å²) in [6.07, 6.45) is 0. The lowest BCUT2D eigenvalue weighted by Gasteiger charge is -2.09. The van der Waals surface area contributed by atoms with E-state index in [1.165, 1.54) is 12.1 Å². The molecule has 0 saturated heterocycles. The van der Waals surface area contributed by atoms with Gasteiger partial charge in [0.05, 0.1) is 5.56 Å². The van der Waals surface area contributed by atoms with E-state index < -0.39 is 5.82 Å². The molecule has 0 aliphatic carbocycles. The van der Waals surface area contributed by atoms with Crippen LogP contribution in [0.5, 0.6) is 11.5 Å². The van der Waals surface area contributed by atoms with Crippen LogP contribution in [-0.4, -0.2) is 13.2 Å². The Hall–Kier alpha value is -2.54. The number of hydrogen-bond acceptors (Lipinski definition) is 3. The van der Waals surface area contributed by atoms with Crippen LogP contribution in [0.4, 0.5) is 4.39 Å². The van der Waals surface area contributed by atoms with Crippen LogP contribution in [0.1, 0.15) is 5.56 Å². The third-order valence-corrected chi connectivity index (χ3v) is 2.41. The maximum atomic E-state index is 12.9. The Morgan fingerprint density at radius 2 is 1.74 bits per heavy atom. The number of nitrogens with zero attached hydrogens (tertiary/aromatic N) is 1. The summed E-state index contributed by atoms with van der Waals surface area (Å²) in [6.45, 7) is 0.640. The van der Waals surface area contributed by atoms with Crippen LogP contribution in [0.3, 0.4) is 0 Å². The minimum atomic E-state index is -0.454. The number of hydrogen-bond donors (Lipinski definition) is 0. The molecule has 0 radical (unpaired) electrons. The monoisotopic (exact) mass is 257 g/mol. The Morgan fingerprint density at radius 1 is 1.00 bits per heavy atom. The van der Waals surface area contributed by atoms with Gasteiger partial charge in [0.15, 0.2) is 0 Å². The molecule has 3 nitrogen and oxygen atoms in total. The number of para-hydroxylation sites is 1. The molecular formula is C15H12FNO2. The summed E-state index contributed by atoms with van der Waals surface area (Å²) in [4.78, 5) is 0. The summed E-state index contributed by atoms with van der Waals surface area (Å²) in [6, 6.07) is 15.1. The summed E-state index contributed by atoms with van der Waals surface area (Å²) >= 11 is 0. The van der Waals surface area contributed by atoms with Crippen molar-refractivity contribution < 1.29 is 13.9 Å². The number of ether oxygens (including phenoxy) is 2. The van der Waals surface area contributed by atoms with E-state index in [1.54, 1.807) is 0 Å². The van der Waals surface area contributed by atoms with Gasteiger partial charge in [-0.2, -0.15) is 5.26 Å². The number of benzene rings is 2. The van der Waals surface area contributed by atoms with Gasteiger partial charge >= 0.3 is 0 Å². The van der Waals surface area contributed by atoms with E-state index in [0.717, 1.165) is 11.8 Å². The Balaban J connectivity index is 1.85. The molecule has 0 heterocycles. The highest BCUT2D eigenvalue weighted by Gasteiger charge is 2.04. The first-order valence-electron chi connectivity index (χ1n) is 5.80. The summed E-state index contributed by atoms with van der Waals surface area (Å²) in [5.74, 6) is 0.663. The molecule has 2 rings (SSSR count). The van der Waals surface area contributed by atoms with E-state index in [4.69, 9.17) is 14.7 Å². The molecule has 0 aliphatic heterocycles. The van der Waals surface area contributed by atoms with Gasteiger partial charge in [-0.25, -0.2) is 4.39 Å². The predicted octanol–water partition coefficient (Wildman–Crippen LogP) is 3.16. The van der Waals surface area contributed by atoms with Crippen molar-refractivity contribution in [3.05, 3.63) is 59.9 Å². The molecule has 2 aromatic rings. The van der Waals surface area contributed by atoms with E-state index in [2.05, 4.69) is 0 Å². The Bertz CT molecular complexity index is 578. The van der Waals surface area contributed by atoms with E-state index in [0.29, 0.717) is 12.4 Å². The normalized spacial score (nSPS) is 9.68. The third-order valence-electron chi connectivity index (χ3n) is 2.41. The van der Waals surface area contributed by atoms with Crippen LogP contribution in [-0.2, 0) is 0 Å². The van der Waals surface area contributed by atoms with Crippen LogP contribution < -0.4 is 9.47 Å². The fourth-order valence-electron chi connectivity index (χ4n) is 1.54. The number of rotatable bonds is 5. The van der Waals surface area contributed by atoms with Crippen molar-refractivity contribution in [1.29, 1.82) is 5.26 Å². The minimum Gasteiger partial charge on any atom is -0.490 e. The average Bonchev–Trinajstić information content (AvgIpc) is 2.46. The molecule has 0 N–H and O–H groups in total. The van der Waals surface area contributed by atoms with Crippen molar-refractivity contribution in [2.75, 3.05) is 13.2 Å². The van der Waals surface area contributed by atoms with Crippen LogP contribution in [0.2, 0.25) is 0 Å². The first-order valence-corrected chi connectivity index (χ1v) is 5.80. The zero-order chi connectivity index (χ0) is 13.5. The number of halogens is 1. The SMILES string of the molecule is N#Cc1cc(F)ccc1OCCOc1ccccc1. The fraction of sp³-hybridized carbons (Fsp3) is 0.133. The molecule has 0 amide bonds. The molecule has 2 aromatic carbocycles. The van der Waals surface area contributed by atoms with Crippen LogP contribution in [0.25, 0.3) is 0 Å². The van der Waals surface area contributed by atoms with Gasteiger partial charge in [-0.15, -0.1) is 0 Å². The van der Waals surface area contributed by atoms with E-state index in [1.807, 2.05) is 36.4 Å². The summed E-state index contributed by atoms with van der Waals surface area (Å²) < 4.78 is 23.7. The van der Waals surface area contributed by atoms with Gasteiger partial charge in [0, 0.05) is 0 Å².